The van der Waals surface area contributed by atoms with Crippen LogP contribution in [0.1, 0.15) is 207 Å². The Labute approximate surface area is 344 Å². The van der Waals surface area contributed by atoms with Crippen LogP contribution in [-0.2, 0) is 28.6 Å². The van der Waals surface area contributed by atoms with Crippen molar-refractivity contribution >= 4 is 17.9 Å². The number of allylic oxidation sites excluding steroid dienone is 12. The van der Waals surface area contributed by atoms with E-state index in [1.165, 1.54) is 83.5 Å². The first kappa shape index (κ1) is 52.9. The lowest BCUT2D eigenvalue weighted by atomic mass is 10.1. The first-order valence-corrected chi connectivity index (χ1v) is 22.9. The molecule has 0 aliphatic carbocycles. The van der Waals surface area contributed by atoms with Crippen molar-refractivity contribution in [2.24, 2.45) is 0 Å². The number of hydrogen-bond acceptors (Lipinski definition) is 6. The SMILES string of the molecule is CC/C=C\C/C=C\C/C=C\C/C=C\CCC(=O)OC(COC(=O)CCCCCCCCCC)COC(=O)CCCCCCCCC/C=C\C/C=C\CCCCC. The monoisotopic (exact) mass is 781 g/mol. The fourth-order valence-electron chi connectivity index (χ4n) is 6.01. The Balaban J connectivity index is 4.42. The van der Waals surface area contributed by atoms with Crippen molar-refractivity contribution in [1.82, 2.24) is 0 Å². The lowest BCUT2D eigenvalue weighted by molar-refractivity contribution is -0.166. The standard InChI is InChI=1S/C50H84O6/c1-4-7-10-13-16-19-21-23-24-25-26-28-29-31-34-37-40-43-49(52)55-46-47(45-54-48(51)42-39-36-33-18-15-12-9-6-3)56-50(53)44-41-38-35-32-30-27-22-20-17-14-11-8-5-2/h8,11,16-17,19-20,23-24,27,30,35,38,47H,4-7,9-10,12-15,18,21-22,25-26,28-29,31-34,36-37,39-46H2,1-3H3/b11-8-,19-16-,20-17-,24-23-,30-27-,38-35-. The highest BCUT2D eigenvalue weighted by molar-refractivity contribution is 5.71. The minimum Gasteiger partial charge on any atom is -0.462 e. The predicted octanol–water partition coefficient (Wildman–Crippen LogP) is 14.7. The van der Waals surface area contributed by atoms with Crippen molar-refractivity contribution in [2.45, 2.75) is 213 Å². The maximum absolute atomic E-state index is 12.7. The van der Waals surface area contributed by atoms with E-state index in [0.29, 0.717) is 19.3 Å². The molecule has 0 spiro atoms. The molecule has 56 heavy (non-hydrogen) atoms. The van der Waals surface area contributed by atoms with Crippen molar-refractivity contribution in [2.75, 3.05) is 13.2 Å². The van der Waals surface area contributed by atoms with E-state index in [-0.39, 0.29) is 31.6 Å². The van der Waals surface area contributed by atoms with Crippen LogP contribution in [0.15, 0.2) is 72.9 Å². The van der Waals surface area contributed by atoms with Crippen LogP contribution in [0.5, 0.6) is 0 Å². The van der Waals surface area contributed by atoms with Crippen LogP contribution >= 0.6 is 0 Å². The van der Waals surface area contributed by atoms with Gasteiger partial charge in [-0.05, 0) is 77.0 Å². The third-order valence-corrected chi connectivity index (χ3v) is 9.46. The van der Waals surface area contributed by atoms with Gasteiger partial charge in [-0.25, -0.2) is 0 Å². The zero-order valence-electron chi connectivity index (χ0n) is 36.4. The number of carbonyl (C=O) groups excluding carboxylic acids is 3. The van der Waals surface area contributed by atoms with Crippen molar-refractivity contribution in [3.05, 3.63) is 72.9 Å². The smallest absolute Gasteiger partial charge is 0.306 e. The number of hydrogen-bond donors (Lipinski definition) is 0. The highest BCUT2D eigenvalue weighted by Gasteiger charge is 2.19. The number of rotatable bonds is 40. The Bertz CT molecular complexity index is 1080. The van der Waals surface area contributed by atoms with E-state index in [0.717, 1.165) is 77.0 Å². The van der Waals surface area contributed by atoms with Crippen LogP contribution in [0.2, 0.25) is 0 Å². The minimum atomic E-state index is -0.812. The number of esters is 3. The molecule has 0 fully saturated rings. The second-order valence-corrected chi connectivity index (χ2v) is 14.9. The third kappa shape index (κ3) is 42.0. The lowest BCUT2D eigenvalue weighted by Gasteiger charge is -2.18. The van der Waals surface area contributed by atoms with Gasteiger partial charge in [-0.2, -0.15) is 0 Å². The third-order valence-electron chi connectivity index (χ3n) is 9.46. The molecule has 0 amide bonds. The summed E-state index contributed by atoms with van der Waals surface area (Å²) in [6, 6.07) is 0. The minimum absolute atomic E-state index is 0.106. The molecule has 0 saturated carbocycles. The van der Waals surface area contributed by atoms with Crippen LogP contribution < -0.4 is 0 Å². The molecule has 0 aliphatic rings. The zero-order valence-corrected chi connectivity index (χ0v) is 36.4. The number of carbonyl (C=O) groups is 3. The molecule has 6 nitrogen and oxygen atoms in total. The zero-order chi connectivity index (χ0) is 40.8. The average Bonchev–Trinajstić information content (AvgIpc) is 3.19. The van der Waals surface area contributed by atoms with Gasteiger partial charge in [0.05, 0.1) is 0 Å². The van der Waals surface area contributed by atoms with Crippen LogP contribution in [0, 0.1) is 0 Å². The second-order valence-electron chi connectivity index (χ2n) is 14.9. The van der Waals surface area contributed by atoms with Crippen molar-refractivity contribution in [3.63, 3.8) is 0 Å². The van der Waals surface area contributed by atoms with E-state index in [2.05, 4.69) is 81.5 Å². The van der Waals surface area contributed by atoms with E-state index in [1.54, 1.807) is 0 Å². The Kier molecular flexibility index (Phi) is 42.1. The molecule has 320 valence electrons. The summed E-state index contributed by atoms with van der Waals surface area (Å²) in [6.45, 7) is 6.38. The van der Waals surface area contributed by atoms with Gasteiger partial charge in [0.25, 0.3) is 0 Å². The molecule has 1 unspecified atom stereocenters. The van der Waals surface area contributed by atoms with Gasteiger partial charge in [0, 0.05) is 19.3 Å². The first-order valence-electron chi connectivity index (χ1n) is 22.9. The van der Waals surface area contributed by atoms with E-state index >= 15 is 0 Å². The molecule has 0 aliphatic heterocycles. The largest absolute Gasteiger partial charge is 0.462 e. The summed E-state index contributed by atoms with van der Waals surface area (Å²) in [5.74, 6) is -1.01. The Hall–Kier alpha value is -3.15. The summed E-state index contributed by atoms with van der Waals surface area (Å²) >= 11 is 0. The van der Waals surface area contributed by atoms with Gasteiger partial charge < -0.3 is 14.2 Å². The van der Waals surface area contributed by atoms with Crippen LogP contribution in [0.4, 0.5) is 0 Å². The second kappa shape index (κ2) is 44.6. The summed E-state index contributed by atoms with van der Waals surface area (Å²) in [4.78, 5) is 37.6. The molecule has 0 heterocycles. The van der Waals surface area contributed by atoms with Crippen LogP contribution in [0.3, 0.4) is 0 Å². The molecule has 0 radical (unpaired) electrons. The highest BCUT2D eigenvalue weighted by atomic mass is 16.6. The maximum Gasteiger partial charge on any atom is 0.306 e. The van der Waals surface area contributed by atoms with Gasteiger partial charge in [-0.3, -0.25) is 14.4 Å². The molecule has 0 bridgehead atoms. The first-order chi connectivity index (χ1) is 27.5. The van der Waals surface area contributed by atoms with E-state index in [1.807, 2.05) is 12.2 Å². The summed E-state index contributed by atoms with van der Waals surface area (Å²) in [5, 5.41) is 0. The summed E-state index contributed by atoms with van der Waals surface area (Å²) in [5.41, 5.74) is 0. The molecule has 0 rings (SSSR count). The van der Waals surface area contributed by atoms with Gasteiger partial charge in [0.1, 0.15) is 13.2 Å². The molecule has 1 atom stereocenters. The van der Waals surface area contributed by atoms with Crippen molar-refractivity contribution in [3.8, 4) is 0 Å². The van der Waals surface area contributed by atoms with Gasteiger partial charge in [-0.15, -0.1) is 0 Å². The highest BCUT2D eigenvalue weighted by Crippen LogP contribution is 2.13. The van der Waals surface area contributed by atoms with E-state index < -0.39 is 12.1 Å². The number of unbranched alkanes of at least 4 members (excludes halogenated alkanes) is 17. The number of ether oxygens (including phenoxy) is 3. The normalized spacial score (nSPS) is 12.7. The maximum atomic E-state index is 12.7. The van der Waals surface area contributed by atoms with Gasteiger partial charge in [-0.1, -0.05) is 184 Å². The van der Waals surface area contributed by atoms with Crippen molar-refractivity contribution in [1.29, 1.82) is 0 Å². The Morgan fingerprint density at radius 3 is 1.20 bits per heavy atom. The molecule has 6 heteroatoms. The lowest BCUT2D eigenvalue weighted by Crippen LogP contribution is -2.30. The van der Waals surface area contributed by atoms with Crippen molar-refractivity contribution < 1.29 is 28.6 Å². The molecule has 0 aromatic rings. The van der Waals surface area contributed by atoms with E-state index in [9.17, 15) is 14.4 Å². The summed E-state index contributed by atoms with van der Waals surface area (Å²) in [7, 11) is 0. The van der Waals surface area contributed by atoms with Gasteiger partial charge in [0.15, 0.2) is 6.10 Å². The molecular formula is C50H84O6. The molecule has 0 aromatic carbocycles. The molecule has 0 N–H and O–H groups in total. The summed E-state index contributed by atoms with van der Waals surface area (Å²) in [6.07, 6.45) is 54.7. The molecule has 0 saturated heterocycles. The Morgan fingerprint density at radius 1 is 0.375 bits per heavy atom. The predicted molar refractivity (Wildman–Crippen MR) is 238 cm³/mol. The Morgan fingerprint density at radius 2 is 0.732 bits per heavy atom. The fourth-order valence-corrected chi connectivity index (χ4v) is 6.01. The molecular weight excluding hydrogens is 697 g/mol. The average molecular weight is 781 g/mol. The topological polar surface area (TPSA) is 78.9 Å². The van der Waals surface area contributed by atoms with Gasteiger partial charge >= 0.3 is 17.9 Å². The fraction of sp³-hybridized carbons (Fsp3) is 0.700. The molecule has 0 aromatic heterocycles. The summed E-state index contributed by atoms with van der Waals surface area (Å²) < 4.78 is 16.6. The van der Waals surface area contributed by atoms with Crippen LogP contribution in [0.25, 0.3) is 0 Å². The van der Waals surface area contributed by atoms with E-state index in [4.69, 9.17) is 14.2 Å². The quantitative estimate of drug-likeness (QED) is 0.0267. The van der Waals surface area contributed by atoms with Crippen LogP contribution in [-0.4, -0.2) is 37.2 Å². The van der Waals surface area contributed by atoms with Gasteiger partial charge in [0.2, 0.25) is 0 Å².